The minimum absolute atomic E-state index is 0. The van der Waals surface area contributed by atoms with Crippen molar-refractivity contribution in [3.63, 3.8) is 0 Å². The molecule has 2 aliphatic rings. The van der Waals surface area contributed by atoms with Crippen LogP contribution in [0.5, 0.6) is 0 Å². The van der Waals surface area contributed by atoms with E-state index >= 15 is 0 Å². The van der Waals surface area contributed by atoms with Crippen molar-refractivity contribution >= 4 is 36.0 Å². The second kappa shape index (κ2) is 13.3. The minimum atomic E-state index is -0.474. The molecule has 2 fully saturated rings. The SMILES string of the molecule is CCNC(=NCc1ccc(COC2CCOCC2)cc1)NC1CN(C(=O)OC(C)(C)C)C1.I. The standard InChI is InChI=1S/C24H38N4O4.HI/c1-5-25-22(27-20-15-28(16-20)23(29)32-24(2,3)4)26-14-18-6-8-19(9-7-18)17-31-21-10-12-30-13-11-21;/h6-9,20-21H,5,10-17H2,1-4H3,(H2,25,26,27);1H. The van der Waals surface area contributed by atoms with E-state index in [1.165, 1.54) is 5.56 Å². The van der Waals surface area contributed by atoms with E-state index in [-0.39, 0.29) is 36.1 Å². The van der Waals surface area contributed by atoms with Gasteiger partial charge in [-0.25, -0.2) is 9.79 Å². The number of carbonyl (C=O) groups excluding carboxylic acids is 1. The summed E-state index contributed by atoms with van der Waals surface area (Å²) in [4.78, 5) is 18.5. The Morgan fingerprint density at radius 2 is 1.79 bits per heavy atom. The number of benzene rings is 1. The number of amides is 1. The van der Waals surface area contributed by atoms with E-state index in [4.69, 9.17) is 19.2 Å². The molecule has 2 saturated heterocycles. The third kappa shape index (κ3) is 9.66. The van der Waals surface area contributed by atoms with Crippen molar-refractivity contribution < 1.29 is 19.0 Å². The highest BCUT2D eigenvalue weighted by atomic mass is 127. The van der Waals surface area contributed by atoms with Gasteiger partial charge in [0.25, 0.3) is 0 Å². The first kappa shape index (κ1) is 27.7. The van der Waals surface area contributed by atoms with Gasteiger partial charge in [0.15, 0.2) is 5.96 Å². The van der Waals surface area contributed by atoms with Crippen LogP contribution in [0.15, 0.2) is 29.3 Å². The number of aliphatic imine (C=N–C) groups is 1. The highest BCUT2D eigenvalue weighted by Gasteiger charge is 2.34. The number of rotatable bonds is 7. The van der Waals surface area contributed by atoms with Crippen LogP contribution in [0, 0.1) is 0 Å². The quantitative estimate of drug-likeness (QED) is 0.294. The molecule has 0 spiro atoms. The molecule has 0 radical (unpaired) electrons. The fourth-order valence-electron chi connectivity index (χ4n) is 3.53. The summed E-state index contributed by atoms with van der Waals surface area (Å²) in [7, 11) is 0. The number of hydrogen-bond donors (Lipinski definition) is 2. The molecule has 1 aromatic carbocycles. The van der Waals surface area contributed by atoms with Gasteiger partial charge in [-0.2, -0.15) is 0 Å². The largest absolute Gasteiger partial charge is 0.444 e. The van der Waals surface area contributed by atoms with Gasteiger partial charge >= 0.3 is 6.09 Å². The molecule has 0 aliphatic carbocycles. The van der Waals surface area contributed by atoms with E-state index in [2.05, 4.69) is 34.9 Å². The molecule has 0 atom stereocenters. The van der Waals surface area contributed by atoms with Crippen molar-refractivity contribution in [2.24, 2.45) is 4.99 Å². The summed E-state index contributed by atoms with van der Waals surface area (Å²) < 4.78 is 16.8. The van der Waals surface area contributed by atoms with Gasteiger partial charge in [0.2, 0.25) is 0 Å². The van der Waals surface area contributed by atoms with Crippen LogP contribution in [0.4, 0.5) is 4.79 Å². The van der Waals surface area contributed by atoms with Crippen molar-refractivity contribution in [3.8, 4) is 0 Å². The maximum Gasteiger partial charge on any atom is 0.410 e. The zero-order valence-electron chi connectivity index (χ0n) is 20.3. The maximum atomic E-state index is 12.1. The van der Waals surface area contributed by atoms with Gasteiger partial charge in [-0.1, -0.05) is 24.3 Å². The van der Waals surface area contributed by atoms with Crippen LogP contribution in [0.25, 0.3) is 0 Å². The lowest BCUT2D eigenvalue weighted by molar-refractivity contribution is -0.0390. The van der Waals surface area contributed by atoms with Gasteiger partial charge in [0.05, 0.1) is 25.3 Å². The summed E-state index contributed by atoms with van der Waals surface area (Å²) >= 11 is 0. The average molecular weight is 575 g/mol. The Labute approximate surface area is 214 Å². The molecule has 33 heavy (non-hydrogen) atoms. The molecule has 8 nitrogen and oxygen atoms in total. The van der Waals surface area contributed by atoms with E-state index in [1.54, 1.807) is 4.90 Å². The topological polar surface area (TPSA) is 84.4 Å². The minimum Gasteiger partial charge on any atom is -0.444 e. The number of nitrogens with one attached hydrogen (secondary N) is 2. The van der Waals surface area contributed by atoms with Gasteiger partial charge in [-0.05, 0) is 51.7 Å². The lowest BCUT2D eigenvalue weighted by Gasteiger charge is -2.40. The van der Waals surface area contributed by atoms with Crippen molar-refractivity contribution in [3.05, 3.63) is 35.4 Å². The Morgan fingerprint density at radius 3 is 2.39 bits per heavy atom. The third-order valence-corrected chi connectivity index (χ3v) is 5.32. The number of guanidine groups is 1. The molecule has 0 saturated carbocycles. The summed E-state index contributed by atoms with van der Waals surface area (Å²) in [5, 5.41) is 6.68. The molecule has 9 heteroatoms. The summed E-state index contributed by atoms with van der Waals surface area (Å²) in [5.74, 6) is 0.758. The number of likely N-dealkylation sites (tertiary alicyclic amines) is 1. The van der Waals surface area contributed by atoms with Crippen molar-refractivity contribution in [1.82, 2.24) is 15.5 Å². The smallest absolute Gasteiger partial charge is 0.410 e. The Kier molecular flexibility index (Phi) is 11.2. The Balaban J connectivity index is 0.00000385. The normalized spacial score (nSPS) is 17.7. The van der Waals surface area contributed by atoms with E-state index in [9.17, 15) is 4.79 Å². The van der Waals surface area contributed by atoms with Crippen LogP contribution in [0.3, 0.4) is 0 Å². The van der Waals surface area contributed by atoms with Crippen LogP contribution in [-0.2, 0) is 27.4 Å². The van der Waals surface area contributed by atoms with Crippen LogP contribution in [-0.4, -0.2) is 67.5 Å². The summed E-state index contributed by atoms with van der Waals surface area (Å²) in [6.07, 6.45) is 1.99. The molecule has 2 heterocycles. The second-order valence-electron chi connectivity index (χ2n) is 9.36. The predicted molar refractivity (Wildman–Crippen MR) is 140 cm³/mol. The van der Waals surface area contributed by atoms with Crippen LogP contribution in [0.2, 0.25) is 0 Å². The summed E-state index contributed by atoms with van der Waals surface area (Å²) in [6, 6.07) is 8.59. The first-order valence-corrected chi connectivity index (χ1v) is 11.6. The fraction of sp³-hybridized carbons (Fsp3) is 0.667. The monoisotopic (exact) mass is 574 g/mol. The molecule has 0 unspecified atom stereocenters. The Bertz CT molecular complexity index is 755. The predicted octanol–water partition coefficient (Wildman–Crippen LogP) is 3.67. The molecule has 0 bridgehead atoms. The summed E-state index contributed by atoms with van der Waals surface area (Å²) in [6.45, 7) is 12.5. The van der Waals surface area contributed by atoms with E-state index in [0.717, 1.165) is 44.1 Å². The molecule has 0 aromatic heterocycles. The molecular weight excluding hydrogens is 535 g/mol. The fourth-order valence-corrected chi connectivity index (χ4v) is 3.53. The second-order valence-corrected chi connectivity index (χ2v) is 9.36. The summed E-state index contributed by atoms with van der Waals surface area (Å²) in [5.41, 5.74) is 1.84. The molecule has 2 aliphatic heterocycles. The first-order chi connectivity index (χ1) is 15.3. The van der Waals surface area contributed by atoms with Crippen LogP contribution in [0.1, 0.15) is 51.7 Å². The lowest BCUT2D eigenvalue weighted by atomic mass is 10.1. The molecule has 1 aromatic rings. The Hall–Kier alpha value is -1.59. The number of hydrogen-bond acceptors (Lipinski definition) is 5. The Morgan fingerprint density at radius 1 is 1.15 bits per heavy atom. The van der Waals surface area contributed by atoms with E-state index in [0.29, 0.717) is 32.3 Å². The molecular formula is C24H39IN4O4. The number of nitrogens with zero attached hydrogens (tertiary/aromatic N) is 2. The van der Waals surface area contributed by atoms with Crippen molar-refractivity contribution in [1.29, 1.82) is 0 Å². The molecule has 186 valence electrons. The zero-order chi connectivity index (χ0) is 23.0. The molecule has 1 amide bonds. The highest BCUT2D eigenvalue weighted by molar-refractivity contribution is 14.0. The van der Waals surface area contributed by atoms with Gasteiger partial charge in [0.1, 0.15) is 5.60 Å². The van der Waals surface area contributed by atoms with Crippen LogP contribution < -0.4 is 10.6 Å². The van der Waals surface area contributed by atoms with Gasteiger partial charge in [-0.3, -0.25) is 0 Å². The van der Waals surface area contributed by atoms with Crippen LogP contribution >= 0.6 is 24.0 Å². The van der Waals surface area contributed by atoms with E-state index < -0.39 is 5.60 Å². The van der Waals surface area contributed by atoms with Crippen molar-refractivity contribution in [2.45, 2.75) is 71.4 Å². The number of halogens is 1. The van der Waals surface area contributed by atoms with Gasteiger partial charge in [-0.15, -0.1) is 24.0 Å². The highest BCUT2D eigenvalue weighted by Crippen LogP contribution is 2.16. The van der Waals surface area contributed by atoms with E-state index in [1.807, 2.05) is 27.7 Å². The average Bonchev–Trinajstić information content (AvgIpc) is 2.72. The van der Waals surface area contributed by atoms with Gasteiger partial charge in [0, 0.05) is 32.8 Å². The zero-order valence-corrected chi connectivity index (χ0v) is 22.6. The van der Waals surface area contributed by atoms with Crippen molar-refractivity contribution in [2.75, 3.05) is 32.8 Å². The third-order valence-electron chi connectivity index (χ3n) is 5.32. The molecule has 3 rings (SSSR count). The van der Waals surface area contributed by atoms with Gasteiger partial charge < -0.3 is 29.7 Å². The number of ether oxygens (including phenoxy) is 3. The lowest BCUT2D eigenvalue weighted by Crippen LogP contribution is -2.63. The number of carbonyl (C=O) groups is 1. The maximum absolute atomic E-state index is 12.1. The first-order valence-electron chi connectivity index (χ1n) is 11.6. The molecule has 2 N–H and O–H groups in total.